The summed E-state index contributed by atoms with van der Waals surface area (Å²) >= 11 is 0. The summed E-state index contributed by atoms with van der Waals surface area (Å²) in [6, 6.07) is 9.84. The van der Waals surface area contributed by atoms with Crippen molar-refractivity contribution in [3.8, 4) is 11.8 Å². The lowest BCUT2D eigenvalue weighted by atomic mass is 10.1. The zero-order chi connectivity index (χ0) is 10.5. The predicted molar refractivity (Wildman–Crippen MR) is 59.3 cm³/mol. The van der Waals surface area contributed by atoms with Crippen molar-refractivity contribution >= 4 is 17.2 Å². The van der Waals surface area contributed by atoms with Crippen LogP contribution in [0.2, 0.25) is 0 Å². The first-order chi connectivity index (χ1) is 7.40. The van der Waals surface area contributed by atoms with Crippen molar-refractivity contribution in [1.82, 2.24) is 4.98 Å². The topological polar surface area (TPSA) is 30.0 Å². The largest absolute Gasteiger partial charge is 0.302 e. The summed E-state index contributed by atoms with van der Waals surface area (Å²) in [6.07, 6.45) is 2.79. The number of para-hydroxylation sites is 1. The molecule has 2 nitrogen and oxygen atoms in total. The summed E-state index contributed by atoms with van der Waals surface area (Å²) in [7, 11) is 0. The zero-order valence-corrected chi connectivity index (χ0v) is 8.10. The average Bonchev–Trinajstić information content (AvgIpc) is 2.29. The Hall–Kier alpha value is -2.14. The second-order valence-corrected chi connectivity index (χ2v) is 3.09. The van der Waals surface area contributed by atoms with E-state index < -0.39 is 0 Å². The Kier molecular flexibility index (Phi) is 2.75. The third-order valence-corrected chi connectivity index (χ3v) is 2.01. The number of hydrogen-bond acceptors (Lipinski definition) is 2. The maximum absolute atomic E-state index is 10.1. The lowest BCUT2D eigenvalue weighted by Gasteiger charge is -1.95. The molecule has 0 unspecified atom stereocenters. The molecule has 0 amide bonds. The SMILES string of the molecule is O=CCC#Cc1cnc2ccccc2c1. The highest BCUT2D eigenvalue weighted by atomic mass is 16.1. The highest BCUT2D eigenvalue weighted by molar-refractivity contribution is 5.79. The first kappa shape index (κ1) is 9.42. The minimum Gasteiger partial charge on any atom is -0.302 e. The average molecular weight is 195 g/mol. The third kappa shape index (κ3) is 2.21. The summed E-state index contributed by atoms with van der Waals surface area (Å²) in [6.45, 7) is 0. The fourth-order valence-electron chi connectivity index (χ4n) is 1.33. The molecule has 0 radical (unpaired) electrons. The molecule has 1 aromatic heterocycles. The molecule has 0 fully saturated rings. The van der Waals surface area contributed by atoms with E-state index in [4.69, 9.17) is 0 Å². The second kappa shape index (κ2) is 4.39. The minimum atomic E-state index is 0.271. The van der Waals surface area contributed by atoms with Gasteiger partial charge in [0.2, 0.25) is 0 Å². The van der Waals surface area contributed by atoms with Gasteiger partial charge in [0.05, 0.1) is 11.9 Å². The van der Waals surface area contributed by atoms with Gasteiger partial charge in [-0.15, -0.1) is 0 Å². The number of hydrogen-bond donors (Lipinski definition) is 0. The van der Waals surface area contributed by atoms with Crippen LogP contribution in [0.25, 0.3) is 10.9 Å². The van der Waals surface area contributed by atoms with Gasteiger partial charge >= 0.3 is 0 Å². The van der Waals surface area contributed by atoms with Gasteiger partial charge < -0.3 is 4.79 Å². The van der Waals surface area contributed by atoms with E-state index in [1.165, 1.54) is 0 Å². The van der Waals surface area contributed by atoms with Crippen molar-refractivity contribution < 1.29 is 4.79 Å². The molecule has 1 heterocycles. The monoisotopic (exact) mass is 195 g/mol. The number of nitrogens with zero attached hydrogens (tertiary/aromatic N) is 1. The maximum atomic E-state index is 10.1. The molecular formula is C13H9NO. The molecule has 0 aliphatic carbocycles. The fraction of sp³-hybridized carbons (Fsp3) is 0.0769. The van der Waals surface area contributed by atoms with Gasteiger partial charge in [0.1, 0.15) is 6.29 Å². The number of carbonyl (C=O) groups is 1. The summed E-state index contributed by atoms with van der Waals surface area (Å²) in [5.74, 6) is 5.65. The Labute approximate surface area is 88.0 Å². The van der Waals surface area contributed by atoms with E-state index in [1.54, 1.807) is 6.20 Å². The van der Waals surface area contributed by atoms with E-state index in [9.17, 15) is 4.79 Å². The highest BCUT2D eigenvalue weighted by Crippen LogP contribution is 2.11. The van der Waals surface area contributed by atoms with E-state index in [0.717, 1.165) is 22.8 Å². The van der Waals surface area contributed by atoms with E-state index >= 15 is 0 Å². The van der Waals surface area contributed by atoms with E-state index in [1.807, 2.05) is 30.3 Å². The first-order valence-corrected chi connectivity index (χ1v) is 4.67. The molecule has 72 valence electrons. The van der Waals surface area contributed by atoms with Crippen LogP contribution in [0.1, 0.15) is 12.0 Å². The third-order valence-electron chi connectivity index (χ3n) is 2.01. The van der Waals surface area contributed by atoms with E-state index in [-0.39, 0.29) is 6.42 Å². The molecular weight excluding hydrogens is 186 g/mol. The first-order valence-electron chi connectivity index (χ1n) is 4.67. The molecule has 0 N–H and O–H groups in total. The Morgan fingerprint density at radius 3 is 3.07 bits per heavy atom. The van der Waals surface area contributed by atoms with Gasteiger partial charge in [-0.3, -0.25) is 4.98 Å². The molecule has 0 aliphatic rings. The van der Waals surface area contributed by atoms with Crippen LogP contribution in [0.5, 0.6) is 0 Å². The zero-order valence-electron chi connectivity index (χ0n) is 8.10. The summed E-state index contributed by atoms with van der Waals surface area (Å²) in [5.41, 5.74) is 1.80. The number of rotatable bonds is 1. The van der Waals surface area contributed by atoms with Crippen molar-refractivity contribution in [2.75, 3.05) is 0 Å². The number of aromatic nitrogens is 1. The van der Waals surface area contributed by atoms with Crippen LogP contribution in [0, 0.1) is 11.8 Å². The number of pyridine rings is 1. The lowest BCUT2D eigenvalue weighted by Crippen LogP contribution is -1.81. The smallest absolute Gasteiger partial charge is 0.131 e. The molecule has 0 atom stereocenters. The molecule has 0 saturated carbocycles. The number of aldehydes is 1. The van der Waals surface area contributed by atoms with Crippen LogP contribution >= 0.6 is 0 Å². The number of fused-ring (bicyclic) bond motifs is 1. The molecule has 0 aliphatic heterocycles. The number of benzene rings is 1. The molecule has 0 saturated heterocycles. The Bertz CT molecular complexity index is 549. The van der Waals surface area contributed by atoms with Gasteiger partial charge in [0.15, 0.2) is 0 Å². The van der Waals surface area contributed by atoms with Crippen molar-refractivity contribution in [3.63, 3.8) is 0 Å². The van der Waals surface area contributed by atoms with E-state index in [2.05, 4.69) is 16.8 Å². The summed E-state index contributed by atoms with van der Waals surface area (Å²) in [5, 5.41) is 1.07. The minimum absolute atomic E-state index is 0.271. The van der Waals surface area contributed by atoms with Gasteiger partial charge in [-0.05, 0) is 12.1 Å². The highest BCUT2D eigenvalue weighted by Gasteiger charge is 1.93. The summed E-state index contributed by atoms with van der Waals surface area (Å²) < 4.78 is 0. The normalized spacial score (nSPS) is 9.33. The van der Waals surface area contributed by atoms with Crippen LogP contribution in [0.15, 0.2) is 36.5 Å². The molecule has 2 heteroatoms. The van der Waals surface area contributed by atoms with Crippen molar-refractivity contribution in [2.24, 2.45) is 0 Å². The lowest BCUT2D eigenvalue weighted by molar-refractivity contribution is -0.107. The van der Waals surface area contributed by atoms with Gasteiger partial charge in [0, 0.05) is 17.1 Å². The van der Waals surface area contributed by atoms with Crippen LogP contribution in [-0.4, -0.2) is 11.3 Å². The van der Waals surface area contributed by atoms with Gasteiger partial charge in [-0.25, -0.2) is 0 Å². The van der Waals surface area contributed by atoms with Crippen molar-refractivity contribution in [1.29, 1.82) is 0 Å². The maximum Gasteiger partial charge on any atom is 0.131 e. The fourth-order valence-corrected chi connectivity index (χ4v) is 1.33. The van der Waals surface area contributed by atoms with Crippen molar-refractivity contribution in [2.45, 2.75) is 6.42 Å². The molecule has 15 heavy (non-hydrogen) atoms. The van der Waals surface area contributed by atoms with E-state index in [0.29, 0.717) is 0 Å². The Morgan fingerprint density at radius 1 is 1.33 bits per heavy atom. The standard InChI is InChI=1S/C13H9NO/c15-8-4-3-5-11-9-12-6-1-2-7-13(12)14-10-11/h1-2,6-10H,4H2. The molecule has 2 aromatic rings. The number of carbonyl (C=O) groups excluding carboxylic acids is 1. The van der Waals surface area contributed by atoms with Gasteiger partial charge in [-0.2, -0.15) is 0 Å². The van der Waals surface area contributed by atoms with Gasteiger partial charge in [-0.1, -0.05) is 30.0 Å². The van der Waals surface area contributed by atoms with Gasteiger partial charge in [0.25, 0.3) is 0 Å². The molecule has 0 bridgehead atoms. The molecule has 2 rings (SSSR count). The van der Waals surface area contributed by atoms with Crippen molar-refractivity contribution in [3.05, 3.63) is 42.1 Å². The summed E-state index contributed by atoms with van der Waals surface area (Å²) in [4.78, 5) is 14.4. The van der Waals surface area contributed by atoms with Crippen LogP contribution in [0.4, 0.5) is 0 Å². The predicted octanol–water partition coefficient (Wildman–Crippen LogP) is 2.18. The Balaban J connectivity index is 2.40. The molecule has 1 aromatic carbocycles. The quantitative estimate of drug-likeness (QED) is 0.515. The van der Waals surface area contributed by atoms with Crippen LogP contribution in [0.3, 0.4) is 0 Å². The Morgan fingerprint density at radius 2 is 2.20 bits per heavy atom. The van der Waals surface area contributed by atoms with Crippen LogP contribution < -0.4 is 0 Å². The van der Waals surface area contributed by atoms with Crippen LogP contribution in [-0.2, 0) is 4.79 Å². The second-order valence-electron chi connectivity index (χ2n) is 3.09. The molecule has 0 spiro atoms.